The van der Waals surface area contributed by atoms with Gasteiger partial charge in [-0.1, -0.05) is 15.9 Å². The highest BCUT2D eigenvalue weighted by Crippen LogP contribution is 2.31. The van der Waals surface area contributed by atoms with Crippen LogP contribution in [0.2, 0.25) is 0 Å². The fourth-order valence-electron chi connectivity index (χ4n) is 1.97. The van der Waals surface area contributed by atoms with E-state index in [-0.39, 0.29) is 6.54 Å². The summed E-state index contributed by atoms with van der Waals surface area (Å²) in [6.45, 7) is 0.160. The van der Waals surface area contributed by atoms with Crippen molar-refractivity contribution in [3.8, 4) is 5.75 Å². The van der Waals surface area contributed by atoms with Crippen LogP contribution in [-0.2, 0) is 4.79 Å². The predicted octanol–water partition coefficient (Wildman–Crippen LogP) is 2.79. The molecule has 2 amide bonds. The van der Waals surface area contributed by atoms with Gasteiger partial charge in [0.15, 0.2) is 0 Å². The van der Waals surface area contributed by atoms with Gasteiger partial charge in [0.2, 0.25) is 0 Å². The second-order valence-corrected chi connectivity index (χ2v) is 5.91. The van der Waals surface area contributed by atoms with Crippen LogP contribution >= 0.6 is 15.9 Å². The third-order valence-corrected chi connectivity index (χ3v) is 3.69. The van der Waals surface area contributed by atoms with Crippen molar-refractivity contribution in [2.75, 3.05) is 25.5 Å². The lowest BCUT2D eigenvalue weighted by Crippen LogP contribution is -2.40. The number of methoxy groups -OCH3 is 1. The Kier molecular flexibility index (Phi) is 5.06. The van der Waals surface area contributed by atoms with E-state index in [1.165, 1.54) is 12.0 Å². The number of nitrogens with zero attached hydrogens (tertiary/aromatic N) is 1. The van der Waals surface area contributed by atoms with Crippen molar-refractivity contribution < 1.29 is 19.4 Å². The van der Waals surface area contributed by atoms with Crippen molar-refractivity contribution in [3.05, 3.63) is 22.7 Å². The van der Waals surface area contributed by atoms with E-state index in [1.807, 2.05) is 0 Å². The number of hydrogen-bond donors (Lipinski definition) is 2. The molecule has 114 valence electrons. The molecule has 0 heterocycles. The lowest BCUT2D eigenvalue weighted by Gasteiger charge is -2.21. The molecular weight excluding hydrogens is 340 g/mol. The van der Waals surface area contributed by atoms with Gasteiger partial charge < -0.3 is 20.1 Å². The lowest BCUT2D eigenvalue weighted by molar-refractivity contribution is -0.137. The van der Waals surface area contributed by atoms with Crippen LogP contribution in [0.5, 0.6) is 5.75 Å². The fraction of sp³-hybridized carbons (Fsp3) is 0.429. The molecule has 1 saturated carbocycles. The Bertz CT molecular complexity index is 546. The number of carboxylic acids is 1. The number of carbonyl (C=O) groups excluding carboxylic acids is 1. The number of ether oxygens (including phenoxy) is 1. The minimum Gasteiger partial charge on any atom is -0.495 e. The summed E-state index contributed by atoms with van der Waals surface area (Å²) in [4.78, 5) is 24.5. The molecule has 1 aliphatic rings. The van der Waals surface area contributed by atoms with Crippen molar-refractivity contribution >= 4 is 33.6 Å². The number of anilines is 1. The van der Waals surface area contributed by atoms with E-state index in [2.05, 4.69) is 21.2 Å². The van der Waals surface area contributed by atoms with Crippen LogP contribution in [0.15, 0.2) is 22.7 Å². The van der Waals surface area contributed by atoms with Gasteiger partial charge in [-0.15, -0.1) is 0 Å². The Morgan fingerprint density at radius 3 is 2.76 bits per heavy atom. The molecule has 2 N–H and O–H groups in total. The predicted molar refractivity (Wildman–Crippen MR) is 81.6 cm³/mol. The summed E-state index contributed by atoms with van der Waals surface area (Å²) in [5, 5.41) is 11.6. The normalized spacial score (nSPS) is 13.6. The summed E-state index contributed by atoms with van der Waals surface area (Å²) < 4.78 is 5.98. The first-order valence-electron chi connectivity index (χ1n) is 6.61. The molecule has 0 spiro atoms. The van der Waals surface area contributed by atoms with E-state index in [4.69, 9.17) is 9.84 Å². The summed E-state index contributed by atoms with van der Waals surface area (Å²) in [7, 11) is 1.51. The monoisotopic (exact) mass is 356 g/mol. The van der Waals surface area contributed by atoms with Gasteiger partial charge in [0.1, 0.15) is 12.3 Å². The second-order valence-electron chi connectivity index (χ2n) is 4.99. The molecule has 1 aromatic carbocycles. The van der Waals surface area contributed by atoms with Gasteiger partial charge in [0, 0.05) is 11.0 Å². The average molecular weight is 357 g/mol. The summed E-state index contributed by atoms with van der Waals surface area (Å²) >= 11 is 3.33. The van der Waals surface area contributed by atoms with Gasteiger partial charge in [0.25, 0.3) is 0 Å². The van der Waals surface area contributed by atoms with E-state index in [0.717, 1.165) is 17.3 Å². The number of carboxylic acid groups (broad SMARTS) is 1. The van der Waals surface area contributed by atoms with Crippen LogP contribution in [0.1, 0.15) is 12.8 Å². The molecule has 21 heavy (non-hydrogen) atoms. The number of carbonyl (C=O) groups is 2. The minimum absolute atomic E-state index is 0.307. The zero-order valence-electron chi connectivity index (χ0n) is 11.6. The number of benzene rings is 1. The first kappa shape index (κ1) is 15.6. The Morgan fingerprint density at radius 2 is 2.19 bits per heavy atom. The van der Waals surface area contributed by atoms with Crippen LogP contribution in [0.25, 0.3) is 0 Å². The molecule has 0 radical (unpaired) electrons. The standard InChI is InChI=1S/C14H17BrN2O4/c1-21-12-5-4-10(15)6-11(12)16-14(20)17(8-13(18)19)7-9-2-3-9/h4-6,9H,2-3,7-8H2,1H3,(H,16,20)(H,18,19). The average Bonchev–Trinajstić information content (AvgIpc) is 3.21. The summed E-state index contributed by atoms with van der Waals surface area (Å²) in [5.74, 6) is -0.0836. The van der Waals surface area contributed by atoms with Crippen LogP contribution in [0.3, 0.4) is 0 Å². The first-order valence-corrected chi connectivity index (χ1v) is 7.40. The Labute approximate surface area is 131 Å². The van der Waals surface area contributed by atoms with Crippen LogP contribution in [0, 0.1) is 5.92 Å². The van der Waals surface area contributed by atoms with Gasteiger partial charge >= 0.3 is 12.0 Å². The van der Waals surface area contributed by atoms with Gasteiger partial charge in [-0.2, -0.15) is 0 Å². The smallest absolute Gasteiger partial charge is 0.323 e. The zero-order chi connectivity index (χ0) is 15.4. The van der Waals surface area contributed by atoms with Gasteiger partial charge in [-0.3, -0.25) is 4.79 Å². The maximum Gasteiger partial charge on any atom is 0.323 e. The molecule has 0 aromatic heterocycles. The van der Waals surface area contributed by atoms with Gasteiger partial charge in [-0.05, 0) is 37.0 Å². The van der Waals surface area contributed by atoms with Crippen LogP contribution in [-0.4, -0.2) is 42.2 Å². The number of amides is 2. The van der Waals surface area contributed by atoms with Crippen LogP contribution < -0.4 is 10.1 Å². The highest BCUT2D eigenvalue weighted by Gasteiger charge is 2.28. The molecule has 1 fully saturated rings. The number of hydrogen-bond acceptors (Lipinski definition) is 3. The van der Waals surface area contributed by atoms with Gasteiger partial charge in [0.05, 0.1) is 12.8 Å². The largest absolute Gasteiger partial charge is 0.495 e. The molecule has 0 aliphatic heterocycles. The molecule has 1 aliphatic carbocycles. The van der Waals surface area contributed by atoms with Crippen molar-refractivity contribution in [2.24, 2.45) is 5.92 Å². The topological polar surface area (TPSA) is 78.9 Å². The van der Waals surface area contributed by atoms with E-state index < -0.39 is 12.0 Å². The first-order chi connectivity index (χ1) is 9.99. The third-order valence-electron chi connectivity index (χ3n) is 3.19. The number of nitrogens with one attached hydrogen (secondary N) is 1. The van der Waals surface area contributed by atoms with E-state index in [1.54, 1.807) is 18.2 Å². The molecular formula is C14H17BrN2O4. The maximum atomic E-state index is 12.3. The highest BCUT2D eigenvalue weighted by molar-refractivity contribution is 9.10. The number of rotatable bonds is 6. The van der Waals surface area contributed by atoms with Crippen molar-refractivity contribution in [2.45, 2.75) is 12.8 Å². The molecule has 0 saturated heterocycles. The van der Waals surface area contributed by atoms with Crippen LogP contribution in [0.4, 0.5) is 10.5 Å². The fourth-order valence-corrected chi connectivity index (χ4v) is 2.33. The number of halogens is 1. The third kappa shape index (κ3) is 4.63. The Hall–Kier alpha value is -1.76. The Balaban J connectivity index is 2.09. The summed E-state index contributed by atoms with van der Waals surface area (Å²) in [5.41, 5.74) is 0.503. The molecule has 0 atom stereocenters. The van der Waals surface area contributed by atoms with E-state index >= 15 is 0 Å². The molecule has 0 unspecified atom stereocenters. The quantitative estimate of drug-likeness (QED) is 0.821. The van der Waals surface area contributed by atoms with Gasteiger partial charge in [-0.25, -0.2) is 4.79 Å². The molecule has 6 nitrogen and oxygen atoms in total. The summed E-state index contributed by atoms with van der Waals surface area (Å²) in [6, 6.07) is 4.81. The van der Waals surface area contributed by atoms with Crippen molar-refractivity contribution in [1.82, 2.24) is 4.90 Å². The van der Waals surface area contributed by atoms with Crippen molar-refractivity contribution in [3.63, 3.8) is 0 Å². The molecule has 0 bridgehead atoms. The lowest BCUT2D eigenvalue weighted by atomic mass is 10.3. The highest BCUT2D eigenvalue weighted by atomic mass is 79.9. The zero-order valence-corrected chi connectivity index (χ0v) is 13.2. The second kappa shape index (κ2) is 6.80. The van der Waals surface area contributed by atoms with E-state index in [9.17, 15) is 9.59 Å². The Morgan fingerprint density at radius 1 is 1.48 bits per heavy atom. The molecule has 7 heteroatoms. The number of urea groups is 1. The number of aliphatic carboxylic acids is 1. The van der Waals surface area contributed by atoms with E-state index in [0.29, 0.717) is 23.9 Å². The molecule has 1 aromatic rings. The minimum atomic E-state index is -1.02. The van der Waals surface area contributed by atoms with Crippen molar-refractivity contribution in [1.29, 1.82) is 0 Å². The maximum absolute atomic E-state index is 12.3. The molecule has 2 rings (SSSR count). The summed E-state index contributed by atoms with van der Waals surface area (Å²) in [6.07, 6.45) is 2.09. The SMILES string of the molecule is COc1ccc(Br)cc1NC(=O)N(CC(=O)O)CC1CC1.